The number of alkyl halides is 4. The first-order valence-corrected chi connectivity index (χ1v) is 13.6. The summed E-state index contributed by atoms with van der Waals surface area (Å²) in [6.45, 7) is 5.55. The third-order valence-electron chi connectivity index (χ3n) is 7.49. The molecule has 212 valence electrons. The van der Waals surface area contributed by atoms with E-state index >= 15 is 0 Å². The van der Waals surface area contributed by atoms with Gasteiger partial charge in [0.05, 0.1) is 5.56 Å². The van der Waals surface area contributed by atoms with Gasteiger partial charge >= 0.3 is 6.18 Å². The van der Waals surface area contributed by atoms with Gasteiger partial charge < -0.3 is 15.0 Å². The molecule has 2 heterocycles. The van der Waals surface area contributed by atoms with Crippen molar-refractivity contribution in [2.75, 3.05) is 39.6 Å². The molecule has 0 saturated carbocycles. The fourth-order valence-electron chi connectivity index (χ4n) is 5.33. The monoisotopic (exact) mass is 554 g/mol. The van der Waals surface area contributed by atoms with Crippen molar-refractivity contribution in [3.63, 3.8) is 0 Å². The number of nitrogens with zero attached hydrogens (tertiary/aromatic N) is 3. The molecular weight excluding hydrogens is 520 g/mol. The van der Waals surface area contributed by atoms with E-state index in [1.807, 2.05) is 12.1 Å². The Bertz CT molecular complexity index is 1390. The van der Waals surface area contributed by atoms with Gasteiger partial charge in [-0.3, -0.25) is 9.80 Å². The van der Waals surface area contributed by atoms with E-state index in [4.69, 9.17) is 10.5 Å². The molecule has 1 fully saturated rings. The largest absolute Gasteiger partial charge is 0.463 e. The van der Waals surface area contributed by atoms with Gasteiger partial charge in [0, 0.05) is 68.5 Å². The van der Waals surface area contributed by atoms with Crippen LogP contribution in [0, 0.1) is 0 Å². The number of nitrogens with two attached hydrogens (primary N) is 1. The minimum absolute atomic E-state index is 0.497. The Morgan fingerprint density at radius 2 is 1.43 bits per heavy atom. The molecule has 0 spiro atoms. The van der Waals surface area contributed by atoms with Crippen LogP contribution in [0.2, 0.25) is 0 Å². The molecule has 9 heteroatoms. The number of aryl methyl sites for hydroxylation is 1. The summed E-state index contributed by atoms with van der Waals surface area (Å²) in [6, 6.07) is 19.5. The molecule has 40 heavy (non-hydrogen) atoms. The van der Waals surface area contributed by atoms with Crippen LogP contribution in [0.5, 0.6) is 5.75 Å². The summed E-state index contributed by atoms with van der Waals surface area (Å²) < 4.78 is 58.3. The fourth-order valence-corrected chi connectivity index (χ4v) is 5.33. The van der Waals surface area contributed by atoms with Gasteiger partial charge in [0.15, 0.2) is 0 Å². The van der Waals surface area contributed by atoms with Crippen LogP contribution in [0.3, 0.4) is 0 Å². The van der Waals surface area contributed by atoms with E-state index < -0.39 is 18.6 Å². The van der Waals surface area contributed by atoms with Crippen LogP contribution in [0.4, 0.5) is 17.6 Å². The number of fused-ring (bicyclic) bond motifs is 1. The van der Waals surface area contributed by atoms with Crippen molar-refractivity contribution in [3.05, 3.63) is 89.6 Å². The second-order valence-corrected chi connectivity index (χ2v) is 10.3. The van der Waals surface area contributed by atoms with Gasteiger partial charge in [-0.1, -0.05) is 30.3 Å². The number of ether oxygens (including phenoxy) is 1. The zero-order valence-corrected chi connectivity index (χ0v) is 22.3. The zero-order valence-electron chi connectivity index (χ0n) is 22.3. The van der Waals surface area contributed by atoms with E-state index in [1.54, 1.807) is 24.3 Å². The molecule has 3 aromatic carbocycles. The fraction of sp³-hybridized carbons (Fsp3) is 0.355. The summed E-state index contributed by atoms with van der Waals surface area (Å²) >= 11 is 0. The van der Waals surface area contributed by atoms with Crippen LogP contribution in [-0.2, 0) is 25.8 Å². The van der Waals surface area contributed by atoms with Gasteiger partial charge in [-0.25, -0.2) is 4.39 Å². The number of benzene rings is 3. The molecule has 2 N–H and O–H groups in total. The van der Waals surface area contributed by atoms with Gasteiger partial charge in [0.1, 0.15) is 5.75 Å². The average Bonchev–Trinajstić information content (AvgIpc) is 3.31. The maximum absolute atomic E-state index is 12.8. The van der Waals surface area contributed by atoms with Crippen molar-refractivity contribution in [3.8, 4) is 16.9 Å². The van der Waals surface area contributed by atoms with Crippen LogP contribution in [0.15, 0.2) is 72.9 Å². The Morgan fingerprint density at radius 1 is 0.800 bits per heavy atom. The second-order valence-electron chi connectivity index (χ2n) is 10.3. The van der Waals surface area contributed by atoms with Gasteiger partial charge in [0.2, 0.25) is 6.86 Å². The van der Waals surface area contributed by atoms with E-state index in [0.717, 1.165) is 85.4 Å². The van der Waals surface area contributed by atoms with Crippen molar-refractivity contribution in [2.24, 2.45) is 5.73 Å². The van der Waals surface area contributed by atoms with Gasteiger partial charge in [-0.2, -0.15) is 13.2 Å². The summed E-state index contributed by atoms with van der Waals surface area (Å²) in [5.74, 6) is 0.497. The minimum atomic E-state index is -4.31. The summed E-state index contributed by atoms with van der Waals surface area (Å²) in [4.78, 5) is 4.70. The smallest absolute Gasteiger partial charge is 0.416 e. The number of hydrogen-bond donors (Lipinski definition) is 1. The standard InChI is InChI=1S/C31H34F4N4O/c32-22-40-27-9-5-25(6-10-27)29-21-39(13-1-12-36)30-11-4-24(18-28(29)30)20-38-16-14-37(15-17-38)19-23-2-7-26(8-3-23)31(33,34)35/h2-11,18,21H,1,12-17,19-20,22,36H2. The Balaban J connectivity index is 1.26. The quantitative estimate of drug-likeness (QED) is 0.234. The predicted molar refractivity (Wildman–Crippen MR) is 150 cm³/mol. The number of aromatic nitrogens is 1. The predicted octanol–water partition coefficient (Wildman–Crippen LogP) is 6.30. The number of hydrogen-bond acceptors (Lipinski definition) is 4. The average molecular weight is 555 g/mol. The normalized spacial score (nSPS) is 15.1. The molecule has 1 aliphatic rings. The molecule has 4 aromatic rings. The summed E-state index contributed by atoms with van der Waals surface area (Å²) in [5.41, 5.74) is 10.6. The molecule has 5 rings (SSSR count). The summed E-state index contributed by atoms with van der Waals surface area (Å²) in [6.07, 6.45) is -1.27. The van der Waals surface area contributed by atoms with Crippen molar-refractivity contribution in [1.29, 1.82) is 0 Å². The van der Waals surface area contributed by atoms with Gasteiger partial charge in [-0.05, 0) is 66.1 Å². The van der Waals surface area contributed by atoms with E-state index in [9.17, 15) is 17.6 Å². The maximum atomic E-state index is 12.8. The molecule has 0 radical (unpaired) electrons. The third kappa shape index (κ3) is 6.66. The molecule has 0 unspecified atom stereocenters. The third-order valence-corrected chi connectivity index (χ3v) is 7.49. The Morgan fingerprint density at radius 3 is 2.02 bits per heavy atom. The van der Waals surface area contributed by atoms with Gasteiger partial charge in [0.25, 0.3) is 0 Å². The second kappa shape index (κ2) is 12.4. The van der Waals surface area contributed by atoms with Crippen molar-refractivity contribution in [1.82, 2.24) is 14.4 Å². The first-order chi connectivity index (χ1) is 19.3. The lowest BCUT2D eigenvalue weighted by molar-refractivity contribution is -0.137. The molecular formula is C31H34F4N4O. The number of piperazine rings is 1. The van der Waals surface area contributed by atoms with Crippen molar-refractivity contribution >= 4 is 10.9 Å². The van der Waals surface area contributed by atoms with E-state index in [0.29, 0.717) is 18.8 Å². The first kappa shape index (κ1) is 28.1. The lowest BCUT2D eigenvalue weighted by Gasteiger charge is -2.34. The highest BCUT2D eigenvalue weighted by atomic mass is 19.4. The lowest BCUT2D eigenvalue weighted by Crippen LogP contribution is -2.45. The molecule has 0 amide bonds. The summed E-state index contributed by atoms with van der Waals surface area (Å²) in [5, 5.41) is 1.16. The molecule has 0 atom stereocenters. The van der Waals surface area contributed by atoms with Gasteiger partial charge in [-0.15, -0.1) is 0 Å². The highest BCUT2D eigenvalue weighted by Crippen LogP contribution is 2.33. The van der Waals surface area contributed by atoms with E-state index in [2.05, 4.69) is 38.8 Å². The molecule has 1 saturated heterocycles. The molecule has 5 nitrogen and oxygen atoms in total. The maximum Gasteiger partial charge on any atom is 0.416 e. The number of rotatable bonds is 10. The van der Waals surface area contributed by atoms with Crippen molar-refractivity contribution in [2.45, 2.75) is 32.2 Å². The lowest BCUT2D eigenvalue weighted by atomic mass is 10.0. The molecule has 1 aromatic heterocycles. The highest BCUT2D eigenvalue weighted by Gasteiger charge is 2.30. The van der Waals surface area contributed by atoms with E-state index in [1.165, 1.54) is 5.56 Å². The Hall–Kier alpha value is -3.40. The first-order valence-electron chi connectivity index (χ1n) is 13.6. The SMILES string of the molecule is NCCCn1cc(-c2ccc(OCF)cc2)c2cc(CN3CCN(Cc4ccc(C(F)(F)F)cc4)CC3)ccc21. The molecule has 0 aliphatic carbocycles. The van der Waals surface area contributed by atoms with Crippen LogP contribution in [-0.4, -0.2) is 54.0 Å². The van der Waals surface area contributed by atoms with Crippen LogP contribution in [0.25, 0.3) is 22.0 Å². The topological polar surface area (TPSA) is 46.7 Å². The Kier molecular flexibility index (Phi) is 8.73. The highest BCUT2D eigenvalue weighted by molar-refractivity contribution is 5.96. The van der Waals surface area contributed by atoms with Crippen LogP contribution in [0.1, 0.15) is 23.1 Å². The molecule has 1 aliphatic heterocycles. The van der Waals surface area contributed by atoms with Crippen molar-refractivity contribution < 1.29 is 22.3 Å². The van der Waals surface area contributed by atoms with E-state index in [-0.39, 0.29) is 0 Å². The number of halogens is 4. The zero-order chi connectivity index (χ0) is 28.1. The Labute approximate surface area is 231 Å². The molecule has 0 bridgehead atoms. The minimum Gasteiger partial charge on any atom is -0.463 e. The summed E-state index contributed by atoms with van der Waals surface area (Å²) in [7, 11) is 0. The van der Waals surface area contributed by atoms with Crippen LogP contribution >= 0.6 is 0 Å². The van der Waals surface area contributed by atoms with Crippen LogP contribution < -0.4 is 10.5 Å².